The Bertz CT molecular complexity index is 2180. The highest BCUT2D eigenvalue weighted by Crippen LogP contribution is 2.27. The Hall–Kier alpha value is -6.22. The Morgan fingerprint density at radius 2 is 1.25 bits per heavy atom. The molecule has 1 aliphatic rings. The number of H-pyrrole nitrogens is 1. The van der Waals surface area contributed by atoms with Crippen LogP contribution in [0.3, 0.4) is 0 Å². The van der Waals surface area contributed by atoms with Crippen LogP contribution in [-0.2, 0) is 14.4 Å². The zero-order valence-electron chi connectivity index (χ0n) is 43.7. The Morgan fingerprint density at radius 1 is 0.690 bits per heavy atom. The first-order chi connectivity index (χ1) is 32.1. The molecular weight excluding hydrogens is 951 g/mol. The van der Waals surface area contributed by atoms with Crippen molar-refractivity contribution in [2.75, 3.05) is 14.1 Å². The van der Waals surface area contributed by atoms with Gasteiger partial charge >= 0.3 is 0 Å². The Balaban J connectivity index is -0.000000361. The average molecular weight is 1040 g/mol. The van der Waals surface area contributed by atoms with E-state index in [1.807, 2.05) is 103 Å². The van der Waals surface area contributed by atoms with Crippen LogP contribution in [0.1, 0.15) is 183 Å². The summed E-state index contributed by atoms with van der Waals surface area (Å²) in [4.78, 5) is 41.9. The number of thiophene rings is 1. The number of hydrogen-bond acceptors (Lipinski definition) is 18. The van der Waals surface area contributed by atoms with Gasteiger partial charge in [-0.3, -0.25) is 14.4 Å². The SMILES string of the molecule is C.C.C=C1N=C(C(C)C)NO1.CC(C)c1cc(O)co1.CC(C)c1cc(O)cs1.CC(C)c1cocc(O)c1=O.CC(C)c1nn[nH]n1.CC(C)c1nscc1O.CNC(=O)C(C)C.CNC(=O)C(C)C. The number of aromatic nitrogens is 5. The van der Waals surface area contributed by atoms with Gasteiger partial charge in [0.05, 0.1) is 17.3 Å². The summed E-state index contributed by atoms with van der Waals surface area (Å²) in [6, 6.07) is 3.44. The average Bonchev–Trinajstić information content (AvgIpc) is 4.15. The first kappa shape index (κ1) is 71.3. The lowest BCUT2D eigenvalue weighted by molar-refractivity contribution is -0.124. The first-order valence-corrected chi connectivity index (χ1v) is 24.2. The van der Waals surface area contributed by atoms with Crippen molar-refractivity contribution < 1.29 is 43.7 Å². The molecule has 0 fully saturated rings. The fourth-order valence-corrected chi connectivity index (χ4v) is 5.76. The van der Waals surface area contributed by atoms with Gasteiger partial charge in [-0.15, -0.1) is 21.5 Å². The third-order valence-electron chi connectivity index (χ3n) is 8.45. The van der Waals surface area contributed by atoms with Crippen molar-refractivity contribution >= 4 is 40.5 Å². The van der Waals surface area contributed by atoms with E-state index < -0.39 is 0 Å². The zero-order valence-corrected chi connectivity index (χ0v) is 45.3. The van der Waals surface area contributed by atoms with Crippen molar-refractivity contribution in [1.29, 1.82) is 0 Å². The maximum atomic E-state index is 11.1. The number of nitrogens with zero attached hydrogens (tertiary/aromatic N) is 5. The summed E-state index contributed by atoms with van der Waals surface area (Å²) in [5, 5.41) is 57.5. The summed E-state index contributed by atoms with van der Waals surface area (Å²) in [7, 11) is 3.28. The van der Waals surface area contributed by atoms with Gasteiger partial charge in [-0.25, -0.2) is 5.48 Å². The minimum atomic E-state index is -0.341. The molecule has 19 nitrogen and oxygen atoms in total. The molecule has 6 rings (SSSR count). The number of tetrazole rings is 1. The topological polar surface area (TPSA) is 283 Å². The summed E-state index contributed by atoms with van der Waals surface area (Å²) in [5.41, 5.74) is 3.63. The Morgan fingerprint density at radius 3 is 1.46 bits per heavy atom. The minimum Gasteiger partial charge on any atom is -0.507 e. The number of carbonyl (C=O) groups excluding carboxylic acids is 2. The number of carbonyl (C=O) groups is 2. The number of aromatic amines is 1. The molecule has 0 spiro atoms. The highest BCUT2D eigenvalue weighted by Gasteiger charge is 2.12. The number of hydroxylamine groups is 1. The summed E-state index contributed by atoms with van der Waals surface area (Å²) in [5.74, 6) is 5.97. The van der Waals surface area contributed by atoms with E-state index in [1.165, 1.54) is 28.9 Å². The van der Waals surface area contributed by atoms with Crippen LogP contribution in [0.15, 0.2) is 72.8 Å². The molecule has 1 aliphatic heterocycles. The van der Waals surface area contributed by atoms with Gasteiger partial charge in [-0.2, -0.15) is 14.6 Å². The van der Waals surface area contributed by atoms with Crippen molar-refractivity contribution in [3.8, 4) is 23.0 Å². The van der Waals surface area contributed by atoms with Crippen molar-refractivity contribution in [2.24, 2.45) is 22.7 Å². The van der Waals surface area contributed by atoms with E-state index in [9.17, 15) is 14.4 Å². The minimum absolute atomic E-state index is 0. The number of furan rings is 1. The van der Waals surface area contributed by atoms with E-state index in [4.69, 9.17) is 34.1 Å². The van der Waals surface area contributed by atoms with E-state index in [-0.39, 0.29) is 61.3 Å². The second-order valence-electron chi connectivity index (χ2n) is 17.4. The van der Waals surface area contributed by atoms with Crippen LogP contribution in [0.5, 0.6) is 23.0 Å². The van der Waals surface area contributed by atoms with Crippen LogP contribution in [-0.4, -0.2) is 77.2 Å². The third-order valence-corrected chi connectivity index (χ3v) is 10.3. The van der Waals surface area contributed by atoms with Gasteiger partial charge in [0.1, 0.15) is 35.6 Å². The lowest BCUT2D eigenvalue weighted by Crippen LogP contribution is -2.22. The van der Waals surface area contributed by atoms with Crippen LogP contribution in [0.4, 0.5) is 0 Å². The lowest BCUT2D eigenvalue weighted by Gasteiger charge is -2.01. The third kappa shape index (κ3) is 31.6. The number of hydrogen-bond donors (Lipinski definition) is 8. The number of rotatable bonds is 8. The van der Waals surface area contributed by atoms with Crippen LogP contribution in [0.25, 0.3) is 0 Å². The van der Waals surface area contributed by atoms with Gasteiger partial charge in [0.2, 0.25) is 23.1 Å². The normalized spacial score (nSPS) is 10.8. The van der Waals surface area contributed by atoms with Gasteiger partial charge in [0.15, 0.2) is 17.3 Å². The predicted molar refractivity (Wildman–Crippen MR) is 288 cm³/mol. The molecule has 71 heavy (non-hydrogen) atoms. The molecule has 5 aromatic rings. The van der Waals surface area contributed by atoms with E-state index in [2.05, 4.69) is 66.5 Å². The molecule has 5 aromatic heterocycles. The molecule has 0 bridgehead atoms. The van der Waals surface area contributed by atoms with Gasteiger partial charge in [0, 0.05) is 71.5 Å². The summed E-state index contributed by atoms with van der Waals surface area (Å²) >= 11 is 2.90. The maximum Gasteiger partial charge on any atom is 0.240 e. The van der Waals surface area contributed by atoms with Crippen LogP contribution in [0.2, 0.25) is 0 Å². The fourth-order valence-electron chi connectivity index (χ4n) is 4.29. The Labute approximate surface area is 430 Å². The lowest BCUT2D eigenvalue weighted by atomic mass is 10.1. The molecule has 0 atom stereocenters. The van der Waals surface area contributed by atoms with Crippen molar-refractivity contribution in [3.05, 3.63) is 92.1 Å². The molecule has 0 saturated heterocycles. The highest BCUT2D eigenvalue weighted by molar-refractivity contribution is 7.10. The quantitative estimate of drug-likeness (QED) is 0.0717. The summed E-state index contributed by atoms with van der Waals surface area (Å²) < 4.78 is 13.7. The predicted octanol–water partition coefficient (Wildman–Crippen LogP) is 11.5. The van der Waals surface area contributed by atoms with E-state index >= 15 is 0 Å². The van der Waals surface area contributed by atoms with Crippen molar-refractivity contribution in [3.63, 3.8) is 0 Å². The molecule has 8 N–H and O–H groups in total. The molecule has 0 aromatic carbocycles. The zero-order chi connectivity index (χ0) is 53.6. The van der Waals surface area contributed by atoms with E-state index in [1.54, 1.807) is 42.3 Å². The molecule has 2 amide bonds. The molecule has 21 heteroatoms. The number of aliphatic imine (C=N–C) groups is 1. The van der Waals surface area contributed by atoms with Gasteiger partial charge in [-0.05, 0) is 36.0 Å². The van der Waals surface area contributed by atoms with Crippen molar-refractivity contribution in [2.45, 2.75) is 155 Å². The van der Waals surface area contributed by atoms with E-state index in [0.717, 1.165) is 29.4 Å². The smallest absolute Gasteiger partial charge is 0.240 e. The largest absolute Gasteiger partial charge is 0.507 e. The van der Waals surface area contributed by atoms with Gasteiger partial charge in [0.25, 0.3) is 0 Å². The fraction of sp³-hybridized carbons (Fsp3) is 0.560. The monoisotopic (exact) mass is 1040 g/mol. The molecule has 0 unspecified atom stereocenters. The van der Waals surface area contributed by atoms with Crippen molar-refractivity contribution in [1.82, 2.24) is 41.1 Å². The maximum absolute atomic E-state index is 11.1. The molecule has 0 saturated carbocycles. The molecule has 0 aliphatic carbocycles. The summed E-state index contributed by atoms with van der Waals surface area (Å²) in [6.07, 6.45) is 3.75. The van der Waals surface area contributed by atoms with Crippen LogP contribution in [0, 0.1) is 17.8 Å². The molecular formula is C50H87N9O10S2. The number of amidine groups is 1. The first-order valence-electron chi connectivity index (χ1n) is 22.4. The Kier molecular flexibility index (Phi) is 38.7. The number of amides is 2. The molecule has 404 valence electrons. The van der Waals surface area contributed by atoms with Crippen LogP contribution < -0.4 is 21.5 Å². The number of aromatic hydroxyl groups is 4. The highest BCUT2D eigenvalue weighted by atomic mass is 32.1. The number of nitrogens with one attached hydrogen (secondary N) is 4. The van der Waals surface area contributed by atoms with Gasteiger partial charge < -0.3 is 44.7 Å². The second-order valence-corrected chi connectivity index (χ2v) is 18.9. The van der Waals surface area contributed by atoms with Crippen LogP contribution >= 0.6 is 22.9 Å². The molecule has 6 heterocycles. The van der Waals surface area contributed by atoms with E-state index in [0.29, 0.717) is 52.5 Å². The standard InChI is InChI=1S/C8H10O3.C7H10O2.C7H10OS.C6H10N2O.C6H9NOS.2C5H11NO.C4H8N4.2CH4/c1-5(2)6-3-11-4-7(9)8(6)10;2*1-5(2)7-3-6(8)4-9-7;1-4(2)6-7-5(3)9-8-6;1-4(2)6-5(8)3-9-7-6;2*1-4(2)5(7)6-3;1-3(2)4-5-7-8-6-4;;/h3-5,9H,1-2H3;2*3-5,8H,1-2H3;4H,3H2,1-2H3,(H,7,8);3-4,8H,1-2H3;2*4H,1-3H3,(H,6,7);3H,1-2H3,(H,5,6,7,8);2*1H4. The summed E-state index contributed by atoms with van der Waals surface area (Å²) in [6.45, 7) is 35.1. The molecule has 0 radical (unpaired) electrons. The van der Waals surface area contributed by atoms with Gasteiger partial charge in [-0.1, -0.05) is 131 Å². The second kappa shape index (κ2) is 38.5.